The topological polar surface area (TPSA) is 33.1 Å². The van der Waals surface area contributed by atoms with Gasteiger partial charge in [-0.15, -0.1) is 11.3 Å². The molecule has 0 saturated heterocycles. The van der Waals surface area contributed by atoms with Crippen LogP contribution < -0.4 is 0 Å². The molecule has 0 aliphatic heterocycles. The Morgan fingerprint density at radius 3 is 2.55 bits per heavy atom. The quantitative estimate of drug-likeness (QED) is 0.841. The third kappa shape index (κ3) is 2.74. The van der Waals surface area contributed by atoms with Gasteiger partial charge >= 0.3 is 0 Å². The van der Waals surface area contributed by atoms with Crippen molar-refractivity contribution in [3.05, 3.63) is 65.3 Å². The van der Waals surface area contributed by atoms with Crippen LogP contribution in [0.5, 0.6) is 0 Å². The van der Waals surface area contributed by atoms with Crippen LogP contribution in [0.3, 0.4) is 0 Å². The molecule has 1 aromatic heterocycles. The van der Waals surface area contributed by atoms with E-state index in [1.807, 2.05) is 19.2 Å². The van der Waals surface area contributed by atoms with E-state index >= 15 is 0 Å². The monoisotopic (exact) mass is 285 g/mol. The second kappa shape index (κ2) is 5.73. The molecule has 1 heterocycles. The summed E-state index contributed by atoms with van der Waals surface area (Å²) in [5.74, 6) is 0. The van der Waals surface area contributed by atoms with Crippen LogP contribution in [0, 0.1) is 6.92 Å². The summed E-state index contributed by atoms with van der Waals surface area (Å²) >= 11 is 1.51. The molecule has 2 nitrogen and oxygen atoms in total. The number of allylic oxidation sites excluding steroid dienone is 1. The summed E-state index contributed by atoms with van der Waals surface area (Å²) in [7, 11) is 0. The predicted molar refractivity (Wildman–Crippen MR) is 85.8 cm³/mol. The molecule has 20 heavy (non-hydrogen) atoms. The van der Waals surface area contributed by atoms with Gasteiger partial charge in [0.25, 0.3) is 0 Å². The minimum Gasteiger partial charge on any atom is -0.378 e. The molecule has 1 atom stereocenters. The van der Waals surface area contributed by atoms with Crippen molar-refractivity contribution >= 4 is 11.3 Å². The average molecular weight is 285 g/mol. The summed E-state index contributed by atoms with van der Waals surface area (Å²) in [5.41, 5.74) is 2.02. The highest BCUT2D eigenvalue weighted by Crippen LogP contribution is 2.36. The zero-order valence-electron chi connectivity index (χ0n) is 12.1. The van der Waals surface area contributed by atoms with Gasteiger partial charge in [0.15, 0.2) is 0 Å². The van der Waals surface area contributed by atoms with Crippen LogP contribution >= 0.6 is 11.3 Å². The Labute approximate surface area is 124 Å². The van der Waals surface area contributed by atoms with Crippen LogP contribution in [0.2, 0.25) is 0 Å². The van der Waals surface area contributed by atoms with E-state index in [2.05, 4.69) is 42.8 Å². The first-order valence-corrected chi connectivity index (χ1v) is 7.35. The number of aromatic nitrogens is 1. The van der Waals surface area contributed by atoms with Crippen molar-refractivity contribution in [1.82, 2.24) is 4.98 Å². The lowest BCUT2D eigenvalue weighted by atomic mass is 9.96. The molecule has 2 rings (SSSR count). The Balaban J connectivity index is 2.38. The fourth-order valence-corrected chi connectivity index (χ4v) is 3.06. The third-order valence-corrected chi connectivity index (χ3v) is 4.61. The Hall–Kier alpha value is -1.71. The molecule has 0 radical (unpaired) electrons. The van der Waals surface area contributed by atoms with E-state index in [9.17, 15) is 5.11 Å². The summed E-state index contributed by atoms with van der Waals surface area (Å²) in [6, 6.07) is 8.30. The van der Waals surface area contributed by atoms with E-state index in [4.69, 9.17) is 0 Å². The van der Waals surface area contributed by atoms with Gasteiger partial charge in [0.2, 0.25) is 0 Å². The van der Waals surface area contributed by atoms with Gasteiger partial charge in [-0.05, 0) is 31.9 Å². The average Bonchev–Trinajstić information content (AvgIpc) is 2.91. The van der Waals surface area contributed by atoms with E-state index in [1.54, 1.807) is 13.0 Å². The number of rotatable bonds is 4. The van der Waals surface area contributed by atoms with Crippen molar-refractivity contribution in [2.45, 2.75) is 26.4 Å². The number of aryl methyl sites for hydroxylation is 1. The number of thiazole rings is 1. The molecule has 1 N–H and O–H groups in total. The van der Waals surface area contributed by atoms with Crippen molar-refractivity contribution in [1.29, 1.82) is 0 Å². The molecule has 2 aromatic rings. The lowest BCUT2D eigenvalue weighted by Crippen LogP contribution is -2.22. The summed E-state index contributed by atoms with van der Waals surface area (Å²) in [6.45, 7) is 9.45. The standard InChI is InChI=1S/C17H19NOS/c1-5-14(6-2)17(4,19)16-18-11-15(20-16)13-9-7-12(3)8-10-13/h5-11,19H,1H2,2-4H3/b14-6+. The van der Waals surface area contributed by atoms with Crippen molar-refractivity contribution in [3.8, 4) is 10.4 Å². The van der Waals surface area contributed by atoms with Gasteiger partial charge in [0, 0.05) is 6.20 Å². The second-order valence-electron chi connectivity index (χ2n) is 4.92. The van der Waals surface area contributed by atoms with Crippen LogP contribution in [0.1, 0.15) is 24.4 Å². The molecule has 0 saturated carbocycles. The van der Waals surface area contributed by atoms with Gasteiger partial charge in [0.05, 0.1) is 4.88 Å². The Bertz CT molecular complexity index is 635. The summed E-state index contributed by atoms with van der Waals surface area (Å²) < 4.78 is 0. The maximum Gasteiger partial charge on any atom is 0.138 e. The molecule has 1 aromatic carbocycles. The normalized spacial score (nSPS) is 14.9. The molecule has 3 heteroatoms. The first kappa shape index (κ1) is 14.7. The van der Waals surface area contributed by atoms with E-state index in [1.165, 1.54) is 16.9 Å². The van der Waals surface area contributed by atoms with E-state index in [0.717, 1.165) is 16.0 Å². The molecule has 0 spiro atoms. The van der Waals surface area contributed by atoms with Crippen LogP contribution in [0.25, 0.3) is 10.4 Å². The molecule has 0 aliphatic carbocycles. The number of benzene rings is 1. The zero-order chi connectivity index (χ0) is 14.8. The molecule has 0 aliphatic rings. The second-order valence-corrected chi connectivity index (χ2v) is 5.95. The fourth-order valence-electron chi connectivity index (χ4n) is 2.07. The Morgan fingerprint density at radius 2 is 2.00 bits per heavy atom. The molecular weight excluding hydrogens is 266 g/mol. The van der Waals surface area contributed by atoms with E-state index in [-0.39, 0.29) is 0 Å². The lowest BCUT2D eigenvalue weighted by Gasteiger charge is -2.21. The smallest absolute Gasteiger partial charge is 0.138 e. The Kier molecular flexibility index (Phi) is 4.21. The fraction of sp³-hybridized carbons (Fsp3) is 0.235. The van der Waals surface area contributed by atoms with Crippen molar-refractivity contribution in [2.24, 2.45) is 0 Å². The zero-order valence-corrected chi connectivity index (χ0v) is 12.9. The van der Waals surface area contributed by atoms with Gasteiger partial charge in [-0.25, -0.2) is 4.98 Å². The van der Waals surface area contributed by atoms with Crippen LogP contribution in [-0.2, 0) is 5.60 Å². The minimum atomic E-state index is -1.09. The predicted octanol–water partition coefficient (Wildman–Crippen LogP) is 4.46. The van der Waals surface area contributed by atoms with Gasteiger partial charge < -0.3 is 5.11 Å². The first-order valence-electron chi connectivity index (χ1n) is 6.54. The number of aliphatic hydroxyl groups is 1. The highest BCUT2D eigenvalue weighted by molar-refractivity contribution is 7.15. The highest BCUT2D eigenvalue weighted by Gasteiger charge is 2.29. The van der Waals surface area contributed by atoms with Crippen molar-refractivity contribution in [2.75, 3.05) is 0 Å². The number of hydrogen-bond acceptors (Lipinski definition) is 3. The van der Waals surface area contributed by atoms with Crippen molar-refractivity contribution < 1.29 is 5.11 Å². The number of nitrogens with zero attached hydrogens (tertiary/aromatic N) is 1. The summed E-state index contributed by atoms with van der Waals surface area (Å²) in [6.07, 6.45) is 5.35. The molecule has 0 amide bonds. The first-order chi connectivity index (χ1) is 9.48. The number of hydrogen-bond donors (Lipinski definition) is 1. The highest BCUT2D eigenvalue weighted by atomic mass is 32.1. The lowest BCUT2D eigenvalue weighted by molar-refractivity contribution is 0.101. The van der Waals surface area contributed by atoms with Crippen LogP contribution in [0.15, 0.2) is 54.8 Å². The maximum atomic E-state index is 10.7. The van der Waals surface area contributed by atoms with Gasteiger partial charge in [-0.1, -0.05) is 48.6 Å². The van der Waals surface area contributed by atoms with Crippen LogP contribution in [-0.4, -0.2) is 10.1 Å². The Morgan fingerprint density at radius 1 is 1.35 bits per heavy atom. The van der Waals surface area contributed by atoms with Gasteiger partial charge in [-0.3, -0.25) is 0 Å². The summed E-state index contributed by atoms with van der Waals surface area (Å²) in [5, 5.41) is 11.3. The molecule has 0 bridgehead atoms. The minimum absolute atomic E-state index is 0.682. The van der Waals surface area contributed by atoms with E-state index < -0.39 is 5.60 Å². The third-order valence-electron chi connectivity index (χ3n) is 3.35. The SMILES string of the molecule is C=C/C(=C\C)C(C)(O)c1ncc(-c2ccc(C)cc2)s1. The molecule has 0 fully saturated rings. The van der Waals surface area contributed by atoms with Gasteiger partial charge in [0.1, 0.15) is 10.6 Å². The molecular formula is C17H19NOS. The van der Waals surface area contributed by atoms with Crippen LogP contribution in [0.4, 0.5) is 0 Å². The van der Waals surface area contributed by atoms with Gasteiger partial charge in [-0.2, -0.15) is 0 Å². The maximum absolute atomic E-state index is 10.7. The molecule has 1 unspecified atom stereocenters. The largest absolute Gasteiger partial charge is 0.378 e. The van der Waals surface area contributed by atoms with E-state index in [0.29, 0.717) is 5.01 Å². The van der Waals surface area contributed by atoms with Crippen molar-refractivity contribution in [3.63, 3.8) is 0 Å². The molecule has 104 valence electrons. The summed E-state index contributed by atoms with van der Waals surface area (Å²) in [4.78, 5) is 5.44.